The molecule has 2 aliphatic heterocycles. The molecule has 0 fully saturated rings. The van der Waals surface area contributed by atoms with E-state index in [2.05, 4.69) is 29.4 Å². The molecular formula is C18H18N2O3. The van der Waals surface area contributed by atoms with Crippen LogP contribution in [0.15, 0.2) is 42.5 Å². The first-order valence-electron chi connectivity index (χ1n) is 7.73. The fraction of sp³-hybridized carbons (Fsp3) is 0.278. The van der Waals surface area contributed by atoms with E-state index in [1.165, 1.54) is 5.69 Å². The van der Waals surface area contributed by atoms with E-state index in [0.29, 0.717) is 17.1 Å². The number of hydrogen-bond acceptors (Lipinski definition) is 4. The summed E-state index contributed by atoms with van der Waals surface area (Å²) in [5.74, 6) is 1.22. The summed E-state index contributed by atoms with van der Waals surface area (Å²) in [7, 11) is 2.08. The van der Waals surface area contributed by atoms with Crippen LogP contribution >= 0.6 is 0 Å². The predicted molar refractivity (Wildman–Crippen MR) is 87.1 cm³/mol. The molecule has 5 heteroatoms. The van der Waals surface area contributed by atoms with Crippen molar-refractivity contribution in [3.05, 3.63) is 53.6 Å². The number of para-hydroxylation sites is 1. The quantitative estimate of drug-likeness (QED) is 0.926. The van der Waals surface area contributed by atoms with Crippen LogP contribution in [0.3, 0.4) is 0 Å². The summed E-state index contributed by atoms with van der Waals surface area (Å²) >= 11 is 0. The lowest BCUT2D eigenvalue weighted by atomic mass is 9.96. The number of anilines is 1. The van der Waals surface area contributed by atoms with E-state index in [4.69, 9.17) is 9.47 Å². The van der Waals surface area contributed by atoms with Gasteiger partial charge in [-0.25, -0.2) is 0 Å². The number of nitrogens with one attached hydrogen (secondary N) is 1. The lowest BCUT2D eigenvalue weighted by Gasteiger charge is -2.33. The molecule has 2 aliphatic rings. The van der Waals surface area contributed by atoms with Gasteiger partial charge in [0.1, 0.15) is 0 Å². The van der Waals surface area contributed by atoms with Crippen LogP contribution in [0.1, 0.15) is 28.4 Å². The van der Waals surface area contributed by atoms with Crippen LogP contribution in [0.2, 0.25) is 0 Å². The Morgan fingerprint density at radius 2 is 2.00 bits per heavy atom. The highest BCUT2D eigenvalue weighted by molar-refractivity contribution is 5.95. The first-order valence-corrected chi connectivity index (χ1v) is 7.73. The van der Waals surface area contributed by atoms with Crippen molar-refractivity contribution in [2.24, 2.45) is 0 Å². The zero-order valence-electron chi connectivity index (χ0n) is 12.9. The molecule has 0 saturated carbocycles. The molecule has 5 nitrogen and oxygen atoms in total. The molecule has 118 valence electrons. The highest BCUT2D eigenvalue weighted by Gasteiger charge is 2.25. The van der Waals surface area contributed by atoms with Crippen molar-refractivity contribution >= 4 is 11.6 Å². The van der Waals surface area contributed by atoms with E-state index in [0.717, 1.165) is 18.5 Å². The number of carbonyl (C=O) groups excluding carboxylic acids is 1. The van der Waals surface area contributed by atoms with Crippen LogP contribution in [-0.4, -0.2) is 26.3 Å². The van der Waals surface area contributed by atoms with Gasteiger partial charge in [-0.2, -0.15) is 0 Å². The molecule has 0 bridgehead atoms. The van der Waals surface area contributed by atoms with Crippen molar-refractivity contribution in [3.8, 4) is 11.5 Å². The molecular weight excluding hydrogens is 292 g/mol. The first kappa shape index (κ1) is 13.9. The van der Waals surface area contributed by atoms with Gasteiger partial charge >= 0.3 is 0 Å². The van der Waals surface area contributed by atoms with Crippen molar-refractivity contribution in [1.29, 1.82) is 0 Å². The number of nitrogens with zero attached hydrogens (tertiary/aromatic N) is 1. The summed E-state index contributed by atoms with van der Waals surface area (Å²) in [6, 6.07) is 13.5. The molecule has 0 aliphatic carbocycles. The van der Waals surface area contributed by atoms with Crippen molar-refractivity contribution in [2.45, 2.75) is 12.5 Å². The fourth-order valence-electron chi connectivity index (χ4n) is 3.16. The summed E-state index contributed by atoms with van der Waals surface area (Å²) in [5.41, 5.74) is 2.93. The van der Waals surface area contributed by atoms with Gasteiger partial charge in [-0.3, -0.25) is 4.79 Å². The molecule has 23 heavy (non-hydrogen) atoms. The Morgan fingerprint density at radius 3 is 2.91 bits per heavy atom. The Labute approximate surface area is 134 Å². The maximum atomic E-state index is 12.6. The molecule has 2 aromatic carbocycles. The van der Waals surface area contributed by atoms with E-state index in [1.807, 2.05) is 12.1 Å². The number of amides is 1. The molecule has 2 heterocycles. The Bertz CT molecular complexity index is 760. The number of rotatable bonds is 2. The van der Waals surface area contributed by atoms with E-state index < -0.39 is 0 Å². The minimum absolute atomic E-state index is 0.0281. The molecule has 1 N–H and O–H groups in total. The second-order valence-corrected chi connectivity index (χ2v) is 5.86. The number of fused-ring (bicyclic) bond motifs is 2. The van der Waals surface area contributed by atoms with Crippen LogP contribution in [0.5, 0.6) is 11.5 Å². The van der Waals surface area contributed by atoms with E-state index >= 15 is 0 Å². The maximum absolute atomic E-state index is 12.6. The number of benzene rings is 2. The second kappa shape index (κ2) is 5.50. The molecule has 1 atom stereocenters. The highest BCUT2D eigenvalue weighted by atomic mass is 16.7. The minimum atomic E-state index is -0.0901. The summed E-state index contributed by atoms with van der Waals surface area (Å²) in [6.07, 6.45) is 0.893. The number of hydrogen-bond donors (Lipinski definition) is 1. The van der Waals surface area contributed by atoms with E-state index in [1.54, 1.807) is 18.2 Å². The summed E-state index contributed by atoms with van der Waals surface area (Å²) in [5, 5.41) is 3.14. The molecule has 1 amide bonds. The van der Waals surface area contributed by atoms with Crippen LogP contribution in [0.25, 0.3) is 0 Å². The lowest BCUT2D eigenvalue weighted by molar-refractivity contribution is 0.0934. The van der Waals surface area contributed by atoms with Gasteiger partial charge in [0.25, 0.3) is 5.91 Å². The third kappa shape index (κ3) is 2.48. The maximum Gasteiger partial charge on any atom is 0.251 e. The Hall–Kier alpha value is -2.69. The average molecular weight is 310 g/mol. The standard InChI is InChI=1S/C18H18N2O3/c1-20-9-8-14(13-4-2-3-5-15(13)20)19-18(21)12-6-7-16-17(10-12)23-11-22-16/h2-7,10,14H,8-9,11H2,1H3,(H,19,21). The zero-order chi connectivity index (χ0) is 15.8. The topological polar surface area (TPSA) is 50.8 Å². The van der Waals surface area contributed by atoms with E-state index in [9.17, 15) is 4.79 Å². The molecule has 0 saturated heterocycles. The number of carbonyl (C=O) groups is 1. The van der Waals surface area contributed by atoms with Gasteiger partial charge in [0, 0.05) is 24.8 Å². The van der Waals surface area contributed by atoms with Crippen LogP contribution in [-0.2, 0) is 0 Å². The van der Waals surface area contributed by atoms with Gasteiger partial charge in [0.15, 0.2) is 11.5 Å². The van der Waals surface area contributed by atoms with Crippen molar-refractivity contribution < 1.29 is 14.3 Å². The minimum Gasteiger partial charge on any atom is -0.454 e. The van der Waals surface area contributed by atoms with Gasteiger partial charge in [0.05, 0.1) is 6.04 Å². The van der Waals surface area contributed by atoms with Crippen molar-refractivity contribution in [1.82, 2.24) is 5.32 Å². The Morgan fingerprint density at radius 1 is 1.17 bits per heavy atom. The molecule has 0 aromatic heterocycles. The third-order valence-electron chi connectivity index (χ3n) is 4.42. The third-order valence-corrected chi connectivity index (χ3v) is 4.42. The zero-order valence-corrected chi connectivity index (χ0v) is 12.9. The monoisotopic (exact) mass is 310 g/mol. The lowest BCUT2D eigenvalue weighted by Crippen LogP contribution is -2.36. The van der Waals surface area contributed by atoms with Crippen LogP contribution in [0.4, 0.5) is 5.69 Å². The number of ether oxygens (including phenoxy) is 2. The Kier molecular flexibility index (Phi) is 3.33. The van der Waals surface area contributed by atoms with Crippen LogP contribution < -0.4 is 19.7 Å². The Balaban J connectivity index is 1.56. The SMILES string of the molecule is CN1CCC(NC(=O)c2ccc3c(c2)OCO3)c2ccccc21. The second-order valence-electron chi connectivity index (χ2n) is 5.86. The first-order chi connectivity index (χ1) is 11.2. The normalized spacial score (nSPS) is 18.5. The van der Waals surface area contributed by atoms with Crippen molar-refractivity contribution in [3.63, 3.8) is 0 Å². The van der Waals surface area contributed by atoms with Gasteiger partial charge in [-0.15, -0.1) is 0 Å². The molecule has 0 radical (unpaired) electrons. The summed E-state index contributed by atoms with van der Waals surface area (Å²) in [4.78, 5) is 14.8. The van der Waals surface area contributed by atoms with Gasteiger partial charge in [-0.1, -0.05) is 18.2 Å². The molecule has 2 aromatic rings. The van der Waals surface area contributed by atoms with E-state index in [-0.39, 0.29) is 18.7 Å². The predicted octanol–water partition coefficient (Wildman–Crippen LogP) is 2.73. The largest absolute Gasteiger partial charge is 0.454 e. The molecule has 4 rings (SSSR count). The summed E-state index contributed by atoms with van der Waals surface area (Å²) in [6.45, 7) is 1.13. The average Bonchev–Trinajstić information content (AvgIpc) is 3.05. The molecule has 0 spiro atoms. The fourth-order valence-corrected chi connectivity index (χ4v) is 3.16. The summed E-state index contributed by atoms with van der Waals surface area (Å²) < 4.78 is 10.6. The molecule has 1 unspecified atom stereocenters. The van der Waals surface area contributed by atoms with Gasteiger partial charge in [0.2, 0.25) is 6.79 Å². The van der Waals surface area contributed by atoms with Crippen molar-refractivity contribution in [2.75, 3.05) is 25.3 Å². The highest BCUT2D eigenvalue weighted by Crippen LogP contribution is 2.34. The van der Waals surface area contributed by atoms with Crippen LogP contribution in [0, 0.1) is 0 Å². The van der Waals surface area contributed by atoms with Gasteiger partial charge < -0.3 is 19.7 Å². The smallest absolute Gasteiger partial charge is 0.251 e. The van der Waals surface area contributed by atoms with Gasteiger partial charge in [-0.05, 0) is 36.2 Å².